The first-order valence-corrected chi connectivity index (χ1v) is 3.90. The average molecular weight is 203 g/mol. The summed E-state index contributed by atoms with van der Waals surface area (Å²) in [5.41, 5.74) is 5.50. The van der Waals surface area contributed by atoms with Gasteiger partial charge in [0.1, 0.15) is 11.6 Å². The van der Waals surface area contributed by atoms with Crippen molar-refractivity contribution in [3.05, 3.63) is 18.2 Å². The van der Waals surface area contributed by atoms with Crippen molar-refractivity contribution >= 4 is 11.6 Å². The molecule has 1 saturated heterocycles. The van der Waals surface area contributed by atoms with Crippen LogP contribution in [0, 0.1) is 5.89 Å². The SMILES string of the molecule is [2H]C([2H])([2H])C1([2H])C([2H])([2H])C([2H])([2H])N(c2cccc(N)n2)C([2H])([2H])C1([2H])[2H]. The van der Waals surface area contributed by atoms with Crippen LogP contribution in [-0.2, 0) is 0 Å². The number of anilines is 2. The number of nitrogens with zero attached hydrogens (tertiary/aromatic N) is 2. The van der Waals surface area contributed by atoms with E-state index in [1.54, 1.807) is 0 Å². The van der Waals surface area contributed by atoms with Crippen molar-refractivity contribution in [1.29, 1.82) is 0 Å². The van der Waals surface area contributed by atoms with Crippen LogP contribution in [0.5, 0.6) is 0 Å². The molecule has 3 nitrogen and oxygen atoms in total. The molecule has 1 aliphatic heterocycles. The molecule has 0 spiro atoms. The Balaban J connectivity index is 2.89. The highest BCUT2D eigenvalue weighted by Gasteiger charge is 2.16. The van der Waals surface area contributed by atoms with E-state index >= 15 is 0 Å². The molecule has 76 valence electrons. The largest absolute Gasteiger partial charge is 0.384 e. The van der Waals surface area contributed by atoms with Gasteiger partial charge in [-0.2, -0.15) is 0 Å². The normalized spacial score (nSPS) is 48.7. The van der Waals surface area contributed by atoms with Gasteiger partial charge >= 0.3 is 0 Å². The maximum atomic E-state index is 8.12. The predicted molar refractivity (Wildman–Crippen MR) is 59.3 cm³/mol. The van der Waals surface area contributed by atoms with Gasteiger partial charge in [0.05, 0.1) is 0 Å². The zero-order chi connectivity index (χ0) is 20.6. The Morgan fingerprint density at radius 1 is 1.64 bits per heavy atom. The summed E-state index contributed by atoms with van der Waals surface area (Å²) in [7, 11) is 0. The maximum Gasteiger partial charge on any atom is 0.130 e. The van der Waals surface area contributed by atoms with Crippen molar-refractivity contribution in [1.82, 2.24) is 4.98 Å². The van der Waals surface area contributed by atoms with Gasteiger partial charge in [-0.1, -0.05) is 12.9 Å². The second-order valence-electron chi connectivity index (χ2n) is 2.60. The Hall–Kier alpha value is -1.25. The van der Waals surface area contributed by atoms with E-state index in [1.807, 2.05) is 0 Å². The fourth-order valence-corrected chi connectivity index (χ4v) is 0.961. The minimum atomic E-state index is -3.75. The lowest BCUT2D eigenvalue weighted by Gasteiger charge is -2.31. The Morgan fingerprint density at radius 2 is 2.43 bits per heavy atom. The van der Waals surface area contributed by atoms with Crippen LogP contribution in [0.25, 0.3) is 0 Å². The highest BCUT2D eigenvalue weighted by Crippen LogP contribution is 2.21. The Bertz CT molecular complexity index is 685. The van der Waals surface area contributed by atoms with Crippen LogP contribution in [0.4, 0.5) is 11.6 Å². The molecule has 0 saturated carbocycles. The van der Waals surface area contributed by atoms with E-state index in [0.717, 1.165) is 6.07 Å². The van der Waals surface area contributed by atoms with Crippen LogP contribution in [0.15, 0.2) is 18.2 Å². The predicted octanol–water partition coefficient (Wildman–Crippen LogP) is 1.90. The first-order valence-electron chi connectivity index (χ1n) is 9.90. The molecule has 2 rings (SSSR count). The Kier molecular flexibility index (Phi) is 0.732. The third-order valence-electron chi connectivity index (χ3n) is 1.57. The van der Waals surface area contributed by atoms with Crippen molar-refractivity contribution in [2.24, 2.45) is 5.89 Å². The van der Waals surface area contributed by atoms with Gasteiger partial charge in [-0.15, -0.1) is 0 Å². The minimum Gasteiger partial charge on any atom is -0.384 e. The first-order chi connectivity index (χ1) is 11.4. The number of hydrogen-bond acceptors (Lipinski definition) is 3. The molecule has 0 amide bonds. The van der Waals surface area contributed by atoms with Gasteiger partial charge in [0.25, 0.3) is 0 Å². The average Bonchev–Trinajstić information content (AvgIpc) is 2.42. The Labute approximate surface area is 102 Å². The smallest absolute Gasteiger partial charge is 0.130 e. The molecule has 1 aromatic heterocycles. The standard InChI is InChI=1S/C11H17N3/c1-9-5-7-14(8-6-9)11-4-2-3-10(12)13-11/h2-4,9H,5-8H2,1H3,(H2,12,13)/i1D3,5D2,6D2,7D2,8D2,9D. The topological polar surface area (TPSA) is 42.1 Å². The molecular weight excluding hydrogens is 174 g/mol. The van der Waals surface area contributed by atoms with E-state index in [0.29, 0.717) is 0 Å². The highest BCUT2D eigenvalue weighted by molar-refractivity contribution is 5.44. The van der Waals surface area contributed by atoms with Crippen molar-refractivity contribution in [2.45, 2.75) is 19.6 Å². The molecule has 0 aromatic carbocycles. The summed E-state index contributed by atoms with van der Waals surface area (Å²) in [6, 6.07) is 3.67. The fraction of sp³-hybridized carbons (Fsp3) is 0.545. The quantitative estimate of drug-likeness (QED) is 0.758. The molecule has 3 heteroatoms. The second-order valence-corrected chi connectivity index (χ2v) is 2.60. The lowest BCUT2D eigenvalue weighted by molar-refractivity contribution is 0.436. The van der Waals surface area contributed by atoms with Gasteiger partial charge in [-0.05, 0) is 30.8 Å². The zero-order valence-electron chi connectivity index (χ0n) is 19.2. The molecule has 1 fully saturated rings. The minimum absolute atomic E-state index is 0.0783. The second kappa shape index (κ2) is 3.86. The molecule has 0 aliphatic carbocycles. The molecular formula is C11H17N3. The monoisotopic (exact) mass is 203 g/mol. The summed E-state index contributed by atoms with van der Waals surface area (Å²) in [6.45, 7) is -10.6. The molecule has 0 atom stereocenters. The number of nitrogen functional groups attached to an aromatic ring is 1. The zero-order valence-corrected chi connectivity index (χ0v) is 7.20. The van der Waals surface area contributed by atoms with Crippen molar-refractivity contribution in [3.63, 3.8) is 0 Å². The van der Waals surface area contributed by atoms with Gasteiger partial charge < -0.3 is 10.6 Å². The number of aromatic nitrogens is 1. The Morgan fingerprint density at radius 3 is 3.07 bits per heavy atom. The van der Waals surface area contributed by atoms with Crippen molar-refractivity contribution in [2.75, 3.05) is 23.6 Å². The summed E-state index contributed by atoms with van der Waals surface area (Å²) in [5.74, 6) is -4.44. The number of piperidine rings is 1. The van der Waals surface area contributed by atoms with E-state index in [2.05, 4.69) is 4.98 Å². The van der Waals surface area contributed by atoms with Gasteiger partial charge in [0, 0.05) is 29.4 Å². The molecule has 2 heterocycles. The van der Waals surface area contributed by atoms with Crippen molar-refractivity contribution in [3.8, 4) is 0 Å². The van der Waals surface area contributed by atoms with E-state index in [1.165, 1.54) is 12.1 Å². The number of rotatable bonds is 1. The van der Waals surface area contributed by atoms with E-state index in [4.69, 9.17) is 22.2 Å². The highest BCUT2D eigenvalue weighted by atomic mass is 15.2. The molecule has 14 heavy (non-hydrogen) atoms. The van der Waals surface area contributed by atoms with Crippen LogP contribution < -0.4 is 10.6 Å². The summed E-state index contributed by atoms with van der Waals surface area (Å²) in [6.07, 6.45) is -7.32. The first kappa shape index (κ1) is 2.65. The molecule has 0 bridgehead atoms. The molecule has 0 radical (unpaired) electrons. The van der Waals surface area contributed by atoms with E-state index in [9.17, 15) is 0 Å². The van der Waals surface area contributed by atoms with Crippen LogP contribution >= 0.6 is 0 Å². The molecule has 2 N–H and O–H groups in total. The third-order valence-corrected chi connectivity index (χ3v) is 1.57. The number of nitrogens with two attached hydrogens (primary N) is 1. The van der Waals surface area contributed by atoms with E-state index in [-0.39, 0.29) is 10.7 Å². The number of pyridine rings is 1. The van der Waals surface area contributed by atoms with Crippen LogP contribution in [-0.4, -0.2) is 18.0 Å². The lowest BCUT2D eigenvalue weighted by atomic mass is 9.99. The number of hydrogen-bond donors (Lipinski definition) is 1. The summed E-state index contributed by atoms with van der Waals surface area (Å²) < 4.78 is 95.2. The summed E-state index contributed by atoms with van der Waals surface area (Å²) in [4.78, 5) is 3.80. The third kappa shape index (κ3) is 1.97. The molecule has 0 unspecified atom stereocenters. The van der Waals surface area contributed by atoms with Gasteiger partial charge in [-0.25, -0.2) is 4.98 Å². The molecule has 1 aromatic rings. The fourth-order valence-electron chi connectivity index (χ4n) is 0.961. The van der Waals surface area contributed by atoms with Gasteiger partial charge in [0.15, 0.2) is 0 Å². The van der Waals surface area contributed by atoms with Gasteiger partial charge in [0.2, 0.25) is 0 Å². The van der Waals surface area contributed by atoms with Crippen LogP contribution in [0.3, 0.4) is 0 Å². The molecule has 1 aliphatic rings. The van der Waals surface area contributed by atoms with Gasteiger partial charge in [-0.3, -0.25) is 0 Å². The maximum absolute atomic E-state index is 8.12. The van der Waals surface area contributed by atoms with Crippen LogP contribution in [0.1, 0.15) is 36.0 Å². The van der Waals surface area contributed by atoms with E-state index < -0.39 is 44.3 Å². The lowest BCUT2D eigenvalue weighted by Crippen LogP contribution is -2.33. The van der Waals surface area contributed by atoms with Crippen molar-refractivity contribution < 1.29 is 16.4 Å². The van der Waals surface area contributed by atoms with Crippen LogP contribution in [0.2, 0.25) is 0 Å². The summed E-state index contributed by atoms with van der Waals surface area (Å²) >= 11 is 0. The summed E-state index contributed by atoms with van der Waals surface area (Å²) in [5, 5.41) is 0.